The number of carbonyl (C=O) groups excluding carboxylic acids is 1. The van der Waals surface area contributed by atoms with E-state index >= 15 is 0 Å². The van der Waals surface area contributed by atoms with Crippen molar-refractivity contribution >= 4 is 5.91 Å². The zero-order chi connectivity index (χ0) is 11.1. The largest absolute Gasteiger partial charge is 0.372 e. The molecule has 0 aliphatic carbocycles. The van der Waals surface area contributed by atoms with Gasteiger partial charge in [-0.3, -0.25) is 9.48 Å². The molecule has 0 aliphatic heterocycles. The minimum Gasteiger partial charge on any atom is -0.372 e. The summed E-state index contributed by atoms with van der Waals surface area (Å²) >= 11 is 0. The van der Waals surface area contributed by atoms with Crippen molar-refractivity contribution in [3.05, 3.63) is 18.0 Å². The van der Waals surface area contributed by atoms with Crippen LogP contribution in [0, 0.1) is 0 Å². The van der Waals surface area contributed by atoms with Crippen LogP contribution in [-0.4, -0.2) is 35.4 Å². The summed E-state index contributed by atoms with van der Waals surface area (Å²) in [6.45, 7) is 3.16. The molecule has 1 rings (SSSR count). The zero-order valence-electron chi connectivity index (χ0n) is 9.19. The maximum atomic E-state index is 11.1. The van der Waals surface area contributed by atoms with Crippen molar-refractivity contribution in [1.29, 1.82) is 0 Å². The molecule has 0 saturated carbocycles. The van der Waals surface area contributed by atoms with E-state index in [1.807, 2.05) is 26.2 Å². The van der Waals surface area contributed by atoms with Crippen LogP contribution in [0.5, 0.6) is 0 Å². The Morgan fingerprint density at radius 2 is 2.47 bits per heavy atom. The van der Waals surface area contributed by atoms with E-state index in [1.54, 1.807) is 4.68 Å². The quantitative estimate of drug-likeness (QED) is 0.727. The topological polar surface area (TPSA) is 56.1 Å². The molecule has 1 amide bonds. The number of nitrogens with zero attached hydrogens (tertiary/aromatic N) is 2. The number of hydrogen-bond donors (Lipinski definition) is 1. The maximum Gasteiger partial charge on any atom is 0.246 e. The second-order valence-corrected chi connectivity index (χ2v) is 3.22. The average Bonchev–Trinajstić information content (AvgIpc) is 2.61. The Morgan fingerprint density at radius 3 is 3.07 bits per heavy atom. The molecule has 0 saturated heterocycles. The average molecular weight is 211 g/mol. The summed E-state index contributed by atoms with van der Waals surface area (Å²) in [5.41, 5.74) is 0.981. The van der Waals surface area contributed by atoms with E-state index in [1.165, 1.54) is 0 Å². The Hall–Kier alpha value is -1.36. The molecule has 1 aromatic rings. The van der Waals surface area contributed by atoms with Gasteiger partial charge in [-0.05, 0) is 13.0 Å². The van der Waals surface area contributed by atoms with Crippen LogP contribution >= 0.6 is 0 Å². The molecular weight excluding hydrogens is 194 g/mol. The highest BCUT2D eigenvalue weighted by atomic mass is 16.5. The molecule has 0 spiro atoms. The number of rotatable bonds is 6. The summed E-state index contributed by atoms with van der Waals surface area (Å²) in [7, 11) is 1.87. The van der Waals surface area contributed by atoms with E-state index in [2.05, 4.69) is 10.4 Å². The zero-order valence-corrected chi connectivity index (χ0v) is 9.19. The molecular formula is C10H17N3O2. The van der Waals surface area contributed by atoms with Crippen molar-refractivity contribution in [3.8, 4) is 0 Å². The lowest BCUT2D eigenvalue weighted by Gasteiger charge is -2.03. The fraction of sp³-hybridized carbons (Fsp3) is 0.600. The van der Waals surface area contributed by atoms with Crippen LogP contribution < -0.4 is 5.32 Å². The van der Waals surface area contributed by atoms with E-state index in [0.29, 0.717) is 13.2 Å². The predicted octanol–water partition coefficient (Wildman–Crippen LogP) is 0.115. The summed E-state index contributed by atoms with van der Waals surface area (Å²) in [4.78, 5) is 11.1. The number of aryl methyl sites for hydroxylation is 1. The van der Waals surface area contributed by atoms with Gasteiger partial charge in [-0.25, -0.2) is 0 Å². The molecule has 1 aromatic heterocycles. The number of amides is 1. The first-order valence-electron chi connectivity index (χ1n) is 5.05. The van der Waals surface area contributed by atoms with Crippen molar-refractivity contribution < 1.29 is 9.53 Å². The number of nitrogens with one attached hydrogen (secondary N) is 1. The molecule has 1 N–H and O–H groups in total. The van der Waals surface area contributed by atoms with Gasteiger partial charge in [0, 0.05) is 32.8 Å². The van der Waals surface area contributed by atoms with E-state index in [4.69, 9.17) is 4.74 Å². The second-order valence-electron chi connectivity index (χ2n) is 3.22. The third-order valence-corrected chi connectivity index (χ3v) is 1.91. The van der Waals surface area contributed by atoms with Crippen LogP contribution in [-0.2, 0) is 23.0 Å². The van der Waals surface area contributed by atoms with Gasteiger partial charge in [0.15, 0.2) is 0 Å². The molecule has 1 heterocycles. The van der Waals surface area contributed by atoms with E-state index < -0.39 is 0 Å². The first-order valence-corrected chi connectivity index (χ1v) is 5.05. The summed E-state index contributed by atoms with van der Waals surface area (Å²) in [6.07, 6.45) is 2.63. The highest BCUT2D eigenvalue weighted by molar-refractivity contribution is 5.77. The second kappa shape index (κ2) is 6.19. The number of hydrogen-bond acceptors (Lipinski definition) is 3. The van der Waals surface area contributed by atoms with Crippen molar-refractivity contribution in [3.63, 3.8) is 0 Å². The van der Waals surface area contributed by atoms with Crippen LogP contribution in [0.2, 0.25) is 0 Å². The standard InChI is InChI=1S/C10H17N3O2/c1-3-15-8-10(14)11-6-4-9-5-7-13(2)12-9/h5,7H,3-4,6,8H2,1-2H3,(H,11,14). The van der Waals surface area contributed by atoms with Gasteiger partial charge in [0.1, 0.15) is 6.61 Å². The molecule has 5 heteroatoms. The van der Waals surface area contributed by atoms with Gasteiger partial charge >= 0.3 is 0 Å². The highest BCUT2D eigenvalue weighted by Crippen LogP contribution is 1.93. The lowest BCUT2D eigenvalue weighted by Crippen LogP contribution is -2.29. The van der Waals surface area contributed by atoms with E-state index in [0.717, 1.165) is 12.1 Å². The Morgan fingerprint density at radius 1 is 1.67 bits per heavy atom. The molecule has 0 aromatic carbocycles. The van der Waals surface area contributed by atoms with Gasteiger partial charge in [0.05, 0.1) is 5.69 Å². The van der Waals surface area contributed by atoms with Crippen LogP contribution in [0.3, 0.4) is 0 Å². The normalized spacial score (nSPS) is 10.3. The smallest absolute Gasteiger partial charge is 0.246 e. The highest BCUT2D eigenvalue weighted by Gasteiger charge is 2.01. The maximum absolute atomic E-state index is 11.1. The fourth-order valence-corrected chi connectivity index (χ4v) is 1.17. The molecule has 0 fully saturated rings. The summed E-state index contributed by atoms with van der Waals surface area (Å²) in [5, 5.41) is 6.97. The Kier molecular flexibility index (Phi) is 4.83. The molecule has 0 radical (unpaired) electrons. The Labute approximate surface area is 89.4 Å². The minimum absolute atomic E-state index is 0.0761. The monoisotopic (exact) mass is 211 g/mol. The summed E-state index contributed by atoms with van der Waals surface area (Å²) < 4.78 is 6.72. The molecule has 0 atom stereocenters. The van der Waals surface area contributed by atoms with Crippen molar-refractivity contribution in [2.75, 3.05) is 19.8 Å². The molecule has 84 valence electrons. The lowest BCUT2D eigenvalue weighted by atomic mass is 10.3. The molecule has 0 unspecified atom stereocenters. The van der Waals surface area contributed by atoms with Gasteiger partial charge in [-0.2, -0.15) is 5.10 Å². The van der Waals surface area contributed by atoms with Crippen molar-refractivity contribution in [2.24, 2.45) is 7.05 Å². The van der Waals surface area contributed by atoms with E-state index in [-0.39, 0.29) is 12.5 Å². The van der Waals surface area contributed by atoms with Gasteiger partial charge < -0.3 is 10.1 Å². The molecule has 5 nitrogen and oxygen atoms in total. The number of carbonyl (C=O) groups is 1. The van der Waals surface area contributed by atoms with Crippen molar-refractivity contribution in [1.82, 2.24) is 15.1 Å². The molecule has 0 bridgehead atoms. The van der Waals surface area contributed by atoms with Gasteiger partial charge in [-0.15, -0.1) is 0 Å². The predicted molar refractivity (Wildman–Crippen MR) is 56.4 cm³/mol. The summed E-state index contributed by atoms with van der Waals surface area (Å²) in [6, 6.07) is 1.94. The minimum atomic E-state index is -0.0761. The van der Waals surface area contributed by atoms with Crippen LogP contribution in [0.1, 0.15) is 12.6 Å². The van der Waals surface area contributed by atoms with Gasteiger partial charge in [-0.1, -0.05) is 0 Å². The van der Waals surface area contributed by atoms with Crippen LogP contribution in [0.15, 0.2) is 12.3 Å². The van der Waals surface area contributed by atoms with E-state index in [9.17, 15) is 4.79 Å². The van der Waals surface area contributed by atoms with Gasteiger partial charge in [0.2, 0.25) is 5.91 Å². The van der Waals surface area contributed by atoms with Gasteiger partial charge in [0.25, 0.3) is 0 Å². The first kappa shape index (κ1) is 11.7. The molecule has 0 aliphatic rings. The van der Waals surface area contributed by atoms with Crippen LogP contribution in [0.25, 0.3) is 0 Å². The SMILES string of the molecule is CCOCC(=O)NCCc1ccn(C)n1. The third-order valence-electron chi connectivity index (χ3n) is 1.91. The van der Waals surface area contributed by atoms with Crippen LogP contribution in [0.4, 0.5) is 0 Å². The summed E-state index contributed by atoms with van der Waals surface area (Å²) in [5.74, 6) is -0.0761. The number of ether oxygens (including phenoxy) is 1. The Bertz CT molecular complexity index is 309. The fourth-order valence-electron chi connectivity index (χ4n) is 1.17. The van der Waals surface area contributed by atoms with Crippen molar-refractivity contribution in [2.45, 2.75) is 13.3 Å². The molecule has 15 heavy (non-hydrogen) atoms. The lowest BCUT2D eigenvalue weighted by molar-refractivity contribution is -0.125. The Balaban J connectivity index is 2.13. The first-order chi connectivity index (χ1) is 7.22. The number of aromatic nitrogens is 2. The third kappa shape index (κ3) is 4.60.